The van der Waals surface area contributed by atoms with Crippen molar-refractivity contribution in [1.29, 1.82) is 0 Å². The minimum atomic E-state index is -3.15. The summed E-state index contributed by atoms with van der Waals surface area (Å²) >= 11 is 0. The molecule has 7 heteroatoms. The fraction of sp³-hybridized carbons (Fsp3) is 0.727. The van der Waals surface area contributed by atoms with Crippen molar-refractivity contribution in [3.8, 4) is 0 Å². The molecule has 18 heavy (non-hydrogen) atoms. The van der Waals surface area contributed by atoms with E-state index < -0.39 is 10.0 Å². The number of nitrogens with one attached hydrogen (secondary N) is 1. The summed E-state index contributed by atoms with van der Waals surface area (Å²) in [4.78, 5) is 4.18. The lowest BCUT2D eigenvalue weighted by molar-refractivity contribution is 0.259. The highest BCUT2D eigenvalue weighted by atomic mass is 32.2. The number of aliphatic imine (C=N–C) groups is 1. The Morgan fingerprint density at radius 3 is 2.94 bits per heavy atom. The van der Waals surface area contributed by atoms with Crippen molar-refractivity contribution in [1.82, 2.24) is 9.62 Å². The molecule has 0 aromatic carbocycles. The van der Waals surface area contributed by atoms with Crippen LogP contribution in [-0.2, 0) is 10.0 Å². The van der Waals surface area contributed by atoms with Gasteiger partial charge in [-0.15, -0.1) is 6.58 Å². The maximum Gasteiger partial charge on any atom is 0.211 e. The Labute approximate surface area is 109 Å². The van der Waals surface area contributed by atoms with Gasteiger partial charge in [0.15, 0.2) is 5.96 Å². The number of hydrogen-bond donors (Lipinski definition) is 2. The average molecular weight is 274 g/mol. The number of piperidine rings is 1. The molecule has 1 rings (SSSR count). The van der Waals surface area contributed by atoms with Gasteiger partial charge in [-0.1, -0.05) is 12.5 Å². The quantitative estimate of drug-likeness (QED) is 0.416. The highest BCUT2D eigenvalue weighted by molar-refractivity contribution is 7.88. The first-order valence-corrected chi connectivity index (χ1v) is 7.91. The maximum absolute atomic E-state index is 11.6. The third-order valence-corrected chi connectivity index (χ3v) is 4.23. The minimum absolute atomic E-state index is 0.0715. The number of rotatable bonds is 5. The molecule has 1 heterocycles. The molecule has 1 aliphatic heterocycles. The Bertz CT molecular complexity index is 405. The molecule has 1 aliphatic rings. The summed E-state index contributed by atoms with van der Waals surface area (Å²) in [5.41, 5.74) is 5.65. The lowest BCUT2D eigenvalue weighted by atomic mass is 10.1. The second-order valence-electron chi connectivity index (χ2n) is 4.42. The molecule has 6 nitrogen and oxygen atoms in total. The highest BCUT2D eigenvalue weighted by Gasteiger charge is 2.28. The molecule has 104 valence electrons. The molecule has 0 spiro atoms. The number of nitrogens with zero attached hydrogens (tertiary/aromatic N) is 2. The van der Waals surface area contributed by atoms with E-state index in [1.54, 1.807) is 6.08 Å². The first kappa shape index (κ1) is 15.0. The van der Waals surface area contributed by atoms with Crippen LogP contribution in [0.4, 0.5) is 0 Å². The van der Waals surface area contributed by atoms with Crippen LogP contribution in [0.25, 0.3) is 0 Å². The van der Waals surface area contributed by atoms with Crippen molar-refractivity contribution in [3.05, 3.63) is 12.7 Å². The van der Waals surface area contributed by atoms with Gasteiger partial charge in [-0.3, -0.25) is 4.99 Å². The van der Waals surface area contributed by atoms with Crippen molar-refractivity contribution < 1.29 is 8.42 Å². The molecule has 3 N–H and O–H groups in total. The third kappa shape index (κ3) is 4.66. The third-order valence-electron chi connectivity index (χ3n) is 2.90. The molecular formula is C11H22N4O2S. The number of hydrogen-bond acceptors (Lipinski definition) is 3. The predicted octanol–water partition coefficient (Wildman–Crippen LogP) is -0.109. The Morgan fingerprint density at radius 2 is 2.33 bits per heavy atom. The maximum atomic E-state index is 11.6. The first-order chi connectivity index (χ1) is 8.45. The number of nitrogens with two attached hydrogens (primary N) is 1. The molecule has 0 aromatic heterocycles. The monoisotopic (exact) mass is 274 g/mol. The Balaban J connectivity index is 2.60. The van der Waals surface area contributed by atoms with E-state index in [4.69, 9.17) is 5.73 Å². The van der Waals surface area contributed by atoms with Gasteiger partial charge in [-0.25, -0.2) is 8.42 Å². The normalized spacial score (nSPS) is 22.7. The molecule has 0 bridgehead atoms. The van der Waals surface area contributed by atoms with Gasteiger partial charge in [-0.05, 0) is 12.8 Å². The van der Waals surface area contributed by atoms with Crippen LogP contribution in [0, 0.1) is 0 Å². The Morgan fingerprint density at radius 1 is 1.61 bits per heavy atom. The summed E-state index contributed by atoms with van der Waals surface area (Å²) in [6, 6.07) is -0.0715. The van der Waals surface area contributed by atoms with Crippen LogP contribution < -0.4 is 11.1 Å². The van der Waals surface area contributed by atoms with E-state index in [9.17, 15) is 8.42 Å². The van der Waals surface area contributed by atoms with E-state index in [0.717, 1.165) is 19.3 Å². The molecule has 1 fully saturated rings. The van der Waals surface area contributed by atoms with Gasteiger partial charge < -0.3 is 11.1 Å². The zero-order chi connectivity index (χ0) is 13.6. The van der Waals surface area contributed by atoms with Crippen LogP contribution in [0.15, 0.2) is 17.6 Å². The van der Waals surface area contributed by atoms with E-state index in [-0.39, 0.29) is 6.04 Å². The summed E-state index contributed by atoms with van der Waals surface area (Å²) in [7, 11) is -3.15. The molecule has 0 radical (unpaired) electrons. The van der Waals surface area contributed by atoms with Gasteiger partial charge >= 0.3 is 0 Å². The first-order valence-electron chi connectivity index (χ1n) is 6.06. The molecule has 0 aliphatic carbocycles. The van der Waals surface area contributed by atoms with Crippen LogP contribution in [0.1, 0.15) is 19.3 Å². The lowest BCUT2D eigenvalue weighted by Gasteiger charge is -2.32. The van der Waals surface area contributed by atoms with Crippen LogP contribution in [0.2, 0.25) is 0 Å². The summed E-state index contributed by atoms with van der Waals surface area (Å²) in [6.45, 7) is 5.11. The van der Waals surface area contributed by atoms with E-state index in [1.807, 2.05) is 0 Å². The molecule has 1 atom stereocenters. The van der Waals surface area contributed by atoms with Gasteiger partial charge in [0.2, 0.25) is 10.0 Å². The van der Waals surface area contributed by atoms with Crippen molar-refractivity contribution in [2.45, 2.75) is 25.3 Å². The van der Waals surface area contributed by atoms with Gasteiger partial charge in [0, 0.05) is 19.1 Å². The van der Waals surface area contributed by atoms with Crippen molar-refractivity contribution >= 4 is 16.0 Å². The summed E-state index contributed by atoms with van der Waals surface area (Å²) in [5, 5.41) is 2.87. The average Bonchev–Trinajstić information content (AvgIpc) is 2.33. The summed E-state index contributed by atoms with van der Waals surface area (Å²) in [6.07, 6.45) is 5.72. The van der Waals surface area contributed by atoms with Gasteiger partial charge in [0.1, 0.15) is 0 Å². The minimum Gasteiger partial charge on any atom is -0.370 e. The molecule has 0 amide bonds. The zero-order valence-electron chi connectivity index (χ0n) is 10.8. The summed E-state index contributed by atoms with van der Waals surface area (Å²) in [5.74, 6) is 0.328. The molecular weight excluding hydrogens is 252 g/mol. The standard InChI is InChI=1S/C11H22N4O2S/c1-3-7-13-11(12)14-9-10-6-4-5-8-15(10)18(2,16)17/h3,10H,1,4-9H2,2H3,(H3,12,13,14). The molecule has 1 saturated heterocycles. The van der Waals surface area contributed by atoms with Gasteiger partial charge in [0.05, 0.1) is 12.8 Å². The fourth-order valence-corrected chi connectivity index (χ4v) is 3.20. The van der Waals surface area contributed by atoms with Crippen molar-refractivity contribution in [2.75, 3.05) is 25.9 Å². The SMILES string of the molecule is C=CCNC(N)=NCC1CCCCN1S(C)(=O)=O. The van der Waals surface area contributed by atoms with E-state index in [2.05, 4.69) is 16.9 Å². The second kappa shape index (κ2) is 6.75. The van der Waals surface area contributed by atoms with E-state index >= 15 is 0 Å². The molecule has 0 aromatic rings. The van der Waals surface area contributed by atoms with Crippen molar-refractivity contribution in [2.24, 2.45) is 10.7 Å². The van der Waals surface area contributed by atoms with E-state index in [1.165, 1.54) is 10.6 Å². The number of sulfonamides is 1. The highest BCUT2D eigenvalue weighted by Crippen LogP contribution is 2.19. The number of guanidine groups is 1. The smallest absolute Gasteiger partial charge is 0.211 e. The van der Waals surface area contributed by atoms with Crippen LogP contribution >= 0.6 is 0 Å². The molecule has 0 saturated carbocycles. The van der Waals surface area contributed by atoms with E-state index in [0.29, 0.717) is 25.6 Å². The fourth-order valence-electron chi connectivity index (χ4n) is 2.03. The van der Waals surface area contributed by atoms with Crippen LogP contribution in [0.3, 0.4) is 0 Å². The Kier molecular flexibility index (Phi) is 5.61. The Hall–Kier alpha value is -1.08. The topological polar surface area (TPSA) is 87.8 Å². The zero-order valence-corrected chi connectivity index (χ0v) is 11.6. The van der Waals surface area contributed by atoms with Crippen LogP contribution in [-0.4, -0.2) is 50.6 Å². The predicted molar refractivity (Wildman–Crippen MR) is 73.9 cm³/mol. The van der Waals surface area contributed by atoms with Crippen molar-refractivity contribution in [3.63, 3.8) is 0 Å². The van der Waals surface area contributed by atoms with Gasteiger partial charge in [-0.2, -0.15) is 4.31 Å². The van der Waals surface area contributed by atoms with Crippen LogP contribution in [0.5, 0.6) is 0 Å². The second-order valence-corrected chi connectivity index (χ2v) is 6.35. The lowest BCUT2D eigenvalue weighted by Crippen LogP contribution is -2.45. The molecule has 1 unspecified atom stereocenters. The summed E-state index contributed by atoms with van der Waals surface area (Å²) < 4.78 is 24.8. The largest absolute Gasteiger partial charge is 0.370 e. The van der Waals surface area contributed by atoms with Gasteiger partial charge in [0.25, 0.3) is 0 Å².